The molecule has 1 aliphatic rings. The fourth-order valence-corrected chi connectivity index (χ4v) is 4.89. The maximum absolute atomic E-state index is 12.8. The van der Waals surface area contributed by atoms with Crippen molar-refractivity contribution >= 4 is 16.9 Å². The molecule has 1 aromatic heterocycles. The Morgan fingerprint density at radius 1 is 0.944 bits per heavy atom. The quantitative estimate of drug-likeness (QED) is 0.338. The molecule has 5 rings (SSSR count). The zero-order valence-corrected chi connectivity index (χ0v) is 20.9. The third kappa shape index (κ3) is 5.24. The van der Waals surface area contributed by atoms with Gasteiger partial charge in [-0.25, -0.2) is 0 Å². The van der Waals surface area contributed by atoms with E-state index in [1.807, 2.05) is 54.6 Å². The van der Waals surface area contributed by atoms with Crippen LogP contribution in [0, 0.1) is 0 Å². The van der Waals surface area contributed by atoms with Gasteiger partial charge in [0.1, 0.15) is 11.3 Å². The first kappa shape index (κ1) is 23.9. The van der Waals surface area contributed by atoms with E-state index in [1.54, 1.807) is 14.2 Å². The number of benzene rings is 3. The Kier molecular flexibility index (Phi) is 7.23. The summed E-state index contributed by atoms with van der Waals surface area (Å²) in [6.07, 6.45) is 3.14. The molecule has 1 amide bonds. The van der Waals surface area contributed by atoms with Gasteiger partial charge in [-0.2, -0.15) is 0 Å². The van der Waals surface area contributed by atoms with Crippen LogP contribution in [-0.2, 0) is 6.42 Å². The minimum Gasteiger partial charge on any atom is -0.493 e. The van der Waals surface area contributed by atoms with Crippen molar-refractivity contribution in [3.05, 3.63) is 83.6 Å². The summed E-state index contributed by atoms with van der Waals surface area (Å²) >= 11 is 0. The molecule has 4 aromatic rings. The summed E-state index contributed by atoms with van der Waals surface area (Å²) in [5.41, 5.74) is 4.47. The van der Waals surface area contributed by atoms with E-state index in [-0.39, 0.29) is 5.91 Å². The van der Waals surface area contributed by atoms with Crippen molar-refractivity contribution in [3.63, 3.8) is 0 Å². The fraction of sp³-hybridized carbons (Fsp3) is 0.300. The molecule has 6 nitrogen and oxygen atoms in total. The number of hydrogen-bond acceptors (Lipinski definition) is 5. The molecular formula is C30H32N2O4. The van der Waals surface area contributed by atoms with Gasteiger partial charge in [-0.3, -0.25) is 4.79 Å². The van der Waals surface area contributed by atoms with Gasteiger partial charge < -0.3 is 24.1 Å². The van der Waals surface area contributed by atoms with E-state index in [2.05, 4.69) is 22.3 Å². The van der Waals surface area contributed by atoms with Gasteiger partial charge in [0.05, 0.1) is 14.2 Å². The second-order valence-electron chi connectivity index (χ2n) is 9.19. The number of nitrogens with one attached hydrogen (secondary N) is 1. The first-order valence-corrected chi connectivity index (χ1v) is 12.5. The number of amides is 1. The molecule has 3 aromatic carbocycles. The lowest BCUT2D eigenvalue weighted by atomic mass is 10.0. The normalized spacial score (nSPS) is 13.7. The third-order valence-electron chi connectivity index (χ3n) is 6.77. The molecule has 0 unspecified atom stereocenters. The van der Waals surface area contributed by atoms with E-state index >= 15 is 0 Å². The molecule has 0 spiro atoms. The van der Waals surface area contributed by atoms with Crippen molar-refractivity contribution in [1.29, 1.82) is 0 Å². The Morgan fingerprint density at radius 2 is 1.75 bits per heavy atom. The Labute approximate surface area is 211 Å². The van der Waals surface area contributed by atoms with Crippen LogP contribution in [-0.4, -0.2) is 51.2 Å². The van der Waals surface area contributed by atoms with Crippen molar-refractivity contribution < 1.29 is 18.7 Å². The molecule has 0 atom stereocenters. The highest BCUT2D eigenvalue weighted by Gasteiger charge is 2.15. The van der Waals surface area contributed by atoms with Gasteiger partial charge >= 0.3 is 0 Å². The lowest BCUT2D eigenvalue weighted by Gasteiger charge is -2.14. The topological polar surface area (TPSA) is 63.9 Å². The first-order valence-electron chi connectivity index (χ1n) is 12.5. The molecular weight excluding hydrogens is 452 g/mol. The van der Waals surface area contributed by atoms with E-state index in [4.69, 9.17) is 13.9 Å². The zero-order chi connectivity index (χ0) is 24.9. The zero-order valence-electron chi connectivity index (χ0n) is 20.9. The summed E-state index contributed by atoms with van der Waals surface area (Å²) < 4.78 is 17.1. The number of furan rings is 1. The van der Waals surface area contributed by atoms with Crippen LogP contribution in [0.5, 0.6) is 11.5 Å². The SMILES string of the molecule is COc1ccc(Cc2cc3cccc(-c4cccc(C(=O)NCCN5CCCC5)c4)c3o2)cc1OC. The van der Waals surface area contributed by atoms with Crippen LogP contribution in [0.3, 0.4) is 0 Å². The maximum atomic E-state index is 12.8. The number of carbonyl (C=O) groups is 1. The van der Waals surface area contributed by atoms with E-state index in [0.717, 1.165) is 53.1 Å². The summed E-state index contributed by atoms with van der Waals surface area (Å²) in [4.78, 5) is 15.2. The average molecular weight is 485 g/mol. The third-order valence-corrected chi connectivity index (χ3v) is 6.77. The monoisotopic (exact) mass is 484 g/mol. The summed E-state index contributed by atoms with van der Waals surface area (Å²) in [5, 5.41) is 4.10. The summed E-state index contributed by atoms with van der Waals surface area (Å²) in [6.45, 7) is 3.83. The molecule has 2 heterocycles. The Hall–Kier alpha value is -3.77. The number of likely N-dealkylation sites (tertiary alicyclic amines) is 1. The predicted octanol–water partition coefficient (Wildman–Crippen LogP) is 5.53. The van der Waals surface area contributed by atoms with Gasteiger partial charge in [-0.1, -0.05) is 36.4 Å². The number of nitrogens with zero attached hydrogens (tertiary/aromatic N) is 1. The second-order valence-corrected chi connectivity index (χ2v) is 9.19. The number of carbonyl (C=O) groups excluding carboxylic acids is 1. The van der Waals surface area contributed by atoms with E-state index < -0.39 is 0 Å². The molecule has 0 saturated carbocycles. The van der Waals surface area contributed by atoms with E-state index in [1.165, 1.54) is 12.8 Å². The molecule has 0 aliphatic carbocycles. The molecule has 1 aliphatic heterocycles. The molecule has 1 fully saturated rings. The van der Waals surface area contributed by atoms with Gasteiger partial charge in [0, 0.05) is 36.0 Å². The van der Waals surface area contributed by atoms with Gasteiger partial charge in [0.25, 0.3) is 5.91 Å². The van der Waals surface area contributed by atoms with Crippen LogP contribution in [0.1, 0.15) is 34.5 Å². The summed E-state index contributed by atoms with van der Waals surface area (Å²) in [5.74, 6) is 2.22. The van der Waals surface area contributed by atoms with Gasteiger partial charge in [-0.05, 0) is 67.4 Å². The highest BCUT2D eigenvalue weighted by Crippen LogP contribution is 2.33. The van der Waals surface area contributed by atoms with Gasteiger partial charge in [0.15, 0.2) is 11.5 Å². The Morgan fingerprint density at radius 3 is 2.56 bits per heavy atom. The molecule has 36 heavy (non-hydrogen) atoms. The van der Waals surface area contributed by atoms with E-state index in [9.17, 15) is 4.79 Å². The van der Waals surface area contributed by atoms with Gasteiger partial charge in [0.2, 0.25) is 0 Å². The van der Waals surface area contributed by atoms with Crippen LogP contribution in [0.4, 0.5) is 0 Å². The second kappa shape index (κ2) is 10.9. The predicted molar refractivity (Wildman–Crippen MR) is 142 cm³/mol. The highest BCUT2D eigenvalue weighted by molar-refractivity contribution is 5.98. The van der Waals surface area contributed by atoms with Crippen LogP contribution >= 0.6 is 0 Å². The lowest BCUT2D eigenvalue weighted by molar-refractivity contribution is 0.0950. The minimum absolute atomic E-state index is 0.0446. The van der Waals surface area contributed by atoms with Crippen molar-refractivity contribution in [2.75, 3.05) is 40.4 Å². The van der Waals surface area contributed by atoms with Crippen LogP contribution in [0.2, 0.25) is 0 Å². The molecule has 1 N–H and O–H groups in total. The number of hydrogen-bond donors (Lipinski definition) is 1. The van der Waals surface area contributed by atoms with Crippen molar-refractivity contribution in [3.8, 4) is 22.6 Å². The molecule has 6 heteroatoms. The van der Waals surface area contributed by atoms with Gasteiger partial charge in [-0.15, -0.1) is 0 Å². The standard InChI is InChI=1S/C30H32N2O4/c1-34-27-12-11-21(18-28(27)35-2)17-25-20-23-8-6-10-26(29(23)36-25)22-7-5-9-24(19-22)30(33)31-13-16-32-14-3-4-15-32/h5-12,18-20H,3-4,13-17H2,1-2H3,(H,31,33). The largest absolute Gasteiger partial charge is 0.493 e. The smallest absolute Gasteiger partial charge is 0.251 e. The highest BCUT2D eigenvalue weighted by atomic mass is 16.5. The van der Waals surface area contributed by atoms with Crippen LogP contribution in [0.25, 0.3) is 22.1 Å². The Bertz CT molecular complexity index is 1350. The molecule has 186 valence electrons. The van der Waals surface area contributed by atoms with Crippen molar-refractivity contribution in [2.45, 2.75) is 19.3 Å². The summed E-state index contributed by atoms with van der Waals surface area (Å²) in [7, 11) is 3.27. The molecule has 0 bridgehead atoms. The van der Waals surface area contributed by atoms with Crippen molar-refractivity contribution in [2.24, 2.45) is 0 Å². The number of methoxy groups -OCH3 is 2. The van der Waals surface area contributed by atoms with Crippen LogP contribution < -0.4 is 14.8 Å². The molecule has 0 radical (unpaired) electrons. The first-order chi connectivity index (χ1) is 17.6. The fourth-order valence-electron chi connectivity index (χ4n) is 4.89. The minimum atomic E-state index is -0.0446. The van der Waals surface area contributed by atoms with Crippen LogP contribution in [0.15, 0.2) is 71.1 Å². The Balaban J connectivity index is 1.34. The maximum Gasteiger partial charge on any atom is 0.251 e. The van der Waals surface area contributed by atoms with Crippen molar-refractivity contribution in [1.82, 2.24) is 10.2 Å². The molecule has 1 saturated heterocycles. The van der Waals surface area contributed by atoms with E-state index in [0.29, 0.717) is 30.0 Å². The number of para-hydroxylation sites is 1. The lowest BCUT2D eigenvalue weighted by Crippen LogP contribution is -2.33. The number of ether oxygens (including phenoxy) is 2. The summed E-state index contributed by atoms with van der Waals surface area (Å²) in [6, 6.07) is 21.8. The average Bonchev–Trinajstić information content (AvgIpc) is 3.58. The number of fused-ring (bicyclic) bond motifs is 1. The number of rotatable bonds is 9.